The zero-order valence-corrected chi connectivity index (χ0v) is 40.5. The second kappa shape index (κ2) is 50.2. The van der Waals surface area contributed by atoms with Gasteiger partial charge in [-0.25, -0.2) is 0 Å². The van der Waals surface area contributed by atoms with Crippen LogP contribution in [0.3, 0.4) is 0 Å². The van der Waals surface area contributed by atoms with Gasteiger partial charge in [0.1, 0.15) is 0 Å². The first kappa shape index (κ1) is 58.6. The van der Waals surface area contributed by atoms with Crippen molar-refractivity contribution < 1.29 is 24.5 Å². The smallest absolute Gasteiger partial charge is 0.305 e. The number of rotatable bonds is 50. The Morgan fingerprint density at radius 2 is 0.800 bits per heavy atom. The summed E-state index contributed by atoms with van der Waals surface area (Å²) in [6.45, 7) is 4.88. The number of nitrogens with one attached hydrogen (secondary N) is 1. The lowest BCUT2D eigenvalue weighted by Crippen LogP contribution is -2.45. The third-order valence-electron chi connectivity index (χ3n) is 12.6. The molecule has 0 aliphatic rings. The van der Waals surface area contributed by atoms with Crippen LogP contribution in [0.2, 0.25) is 0 Å². The fourth-order valence-corrected chi connectivity index (χ4v) is 8.41. The molecule has 356 valence electrons. The lowest BCUT2D eigenvalue weighted by atomic mass is 10.0. The number of allylic oxidation sites excluding steroid dienone is 2. The molecule has 6 heteroatoms. The highest BCUT2D eigenvalue weighted by Gasteiger charge is 2.20. The number of aliphatic hydroxyl groups is 2. The van der Waals surface area contributed by atoms with E-state index >= 15 is 0 Å². The van der Waals surface area contributed by atoms with Crippen molar-refractivity contribution in [2.75, 3.05) is 13.2 Å². The zero-order chi connectivity index (χ0) is 43.7. The van der Waals surface area contributed by atoms with Crippen molar-refractivity contribution >= 4 is 11.9 Å². The van der Waals surface area contributed by atoms with Gasteiger partial charge in [-0.1, -0.05) is 251 Å². The molecule has 2 unspecified atom stereocenters. The molecule has 0 saturated heterocycles. The van der Waals surface area contributed by atoms with Crippen molar-refractivity contribution in [1.82, 2.24) is 5.32 Å². The third kappa shape index (κ3) is 46.1. The minimum atomic E-state index is -0.694. The van der Waals surface area contributed by atoms with E-state index in [-0.39, 0.29) is 18.5 Å². The van der Waals surface area contributed by atoms with Gasteiger partial charge < -0.3 is 20.3 Å². The number of unbranched alkanes of at least 4 members (excludes halogenated alkanes) is 37. The van der Waals surface area contributed by atoms with Gasteiger partial charge in [-0.05, 0) is 44.9 Å². The Hall–Kier alpha value is -1.40. The average molecular weight is 848 g/mol. The van der Waals surface area contributed by atoms with Gasteiger partial charge in [0.15, 0.2) is 0 Å². The number of carbonyl (C=O) groups is 2. The van der Waals surface area contributed by atoms with Crippen LogP contribution >= 0.6 is 0 Å². The van der Waals surface area contributed by atoms with Crippen molar-refractivity contribution in [2.45, 2.75) is 309 Å². The predicted octanol–water partition coefficient (Wildman–Crippen LogP) is 16.1. The first-order valence-corrected chi connectivity index (χ1v) is 26.9. The lowest BCUT2D eigenvalue weighted by Gasteiger charge is -2.22. The summed E-state index contributed by atoms with van der Waals surface area (Å²) in [6.07, 6.45) is 57.7. The van der Waals surface area contributed by atoms with E-state index in [1.165, 1.54) is 193 Å². The summed E-state index contributed by atoms with van der Waals surface area (Å²) >= 11 is 0. The second-order valence-electron chi connectivity index (χ2n) is 18.6. The number of ether oxygens (including phenoxy) is 1. The van der Waals surface area contributed by atoms with E-state index < -0.39 is 12.1 Å². The van der Waals surface area contributed by atoms with Gasteiger partial charge in [0.05, 0.1) is 25.4 Å². The van der Waals surface area contributed by atoms with Gasteiger partial charge in [0.2, 0.25) is 5.91 Å². The molecule has 0 saturated carbocycles. The summed E-state index contributed by atoms with van der Waals surface area (Å²) in [7, 11) is 0. The van der Waals surface area contributed by atoms with E-state index in [1.54, 1.807) is 0 Å². The summed E-state index contributed by atoms with van der Waals surface area (Å²) in [5, 5.41) is 23.2. The van der Waals surface area contributed by atoms with Crippen LogP contribution in [0.25, 0.3) is 0 Å². The van der Waals surface area contributed by atoms with Gasteiger partial charge in [-0.2, -0.15) is 0 Å². The summed E-state index contributed by atoms with van der Waals surface area (Å²) in [5.41, 5.74) is 0. The van der Waals surface area contributed by atoms with Crippen LogP contribution in [-0.2, 0) is 14.3 Å². The highest BCUT2D eigenvalue weighted by molar-refractivity contribution is 5.76. The maximum Gasteiger partial charge on any atom is 0.305 e. The van der Waals surface area contributed by atoms with Gasteiger partial charge in [-0.3, -0.25) is 9.59 Å². The van der Waals surface area contributed by atoms with Crippen molar-refractivity contribution in [1.29, 1.82) is 0 Å². The molecule has 0 spiro atoms. The molecule has 0 fully saturated rings. The molecule has 2 atom stereocenters. The fraction of sp³-hybridized carbons (Fsp3) is 0.926. The topological polar surface area (TPSA) is 95.9 Å². The Bertz CT molecular complexity index is 893. The Morgan fingerprint density at radius 1 is 0.450 bits per heavy atom. The average Bonchev–Trinajstić information content (AvgIpc) is 3.25. The van der Waals surface area contributed by atoms with E-state index in [0.29, 0.717) is 25.9 Å². The molecule has 0 bridgehead atoms. The lowest BCUT2D eigenvalue weighted by molar-refractivity contribution is -0.143. The number of hydrogen-bond acceptors (Lipinski definition) is 5. The number of aliphatic hydroxyl groups excluding tert-OH is 2. The Kier molecular flexibility index (Phi) is 49.1. The van der Waals surface area contributed by atoms with E-state index in [2.05, 4.69) is 31.3 Å². The van der Waals surface area contributed by atoms with Crippen molar-refractivity contribution in [3.63, 3.8) is 0 Å². The Balaban J connectivity index is 3.51. The minimum absolute atomic E-state index is 0.0311. The fourth-order valence-electron chi connectivity index (χ4n) is 8.41. The third-order valence-corrected chi connectivity index (χ3v) is 12.6. The molecule has 6 nitrogen and oxygen atoms in total. The number of amides is 1. The molecule has 0 aromatic heterocycles. The minimum Gasteiger partial charge on any atom is -0.466 e. The molecule has 0 aromatic carbocycles. The zero-order valence-electron chi connectivity index (χ0n) is 40.5. The van der Waals surface area contributed by atoms with Gasteiger partial charge in [0.25, 0.3) is 0 Å². The first-order chi connectivity index (χ1) is 29.5. The van der Waals surface area contributed by atoms with Crippen molar-refractivity contribution in [3.8, 4) is 0 Å². The Labute approximate surface area is 374 Å². The van der Waals surface area contributed by atoms with Crippen LogP contribution in [0.5, 0.6) is 0 Å². The van der Waals surface area contributed by atoms with Gasteiger partial charge in [-0.15, -0.1) is 0 Å². The molecule has 1 amide bonds. The summed E-state index contributed by atoms with van der Waals surface area (Å²) < 4.78 is 5.45. The monoisotopic (exact) mass is 848 g/mol. The highest BCUT2D eigenvalue weighted by atomic mass is 16.5. The van der Waals surface area contributed by atoms with E-state index in [4.69, 9.17) is 4.74 Å². The van der Waals surface area contributed by atoms with Crippen LogP contribution in [0.15, 0.2) is 12.2 Å². The normalized spacial score (nSPS) is 12.7. The molecule has 3 N–H and O–H groups in total. The maximum absolute atomic E-state index is 12.4. The second-order valence-corrected chi connectivity index (χ2v) is 18.6. The molecule has 0 heterocycles. The number of hydrogen-bond donors (Lipinski definition) is 3. The maximum atomic E-state index is 12.4. The van der Waals surface area contributed by atoms with E-state index in [9.17, 15) is 19.8 Å². The largest absolute Gasteiger partial charge is 0.466 e. The van der Waals surface area contributed by atoms with E-state index in [0.717, 1.165) is 70.6 Å². The van der Waals surface area contributed by atoms with Gasteiger partial charge >= 0.3 is 5.97 Å². The van der Waals surface area contributed by atoms with E-state index in [1.807, 2.05) is 0 Å². The number of carbonyl (C=O) groups excluding carboxylic acids is 2. The molecule has 0 rings (SSSR count). The molecule has 0 radical (unpaired) electrons. The van der Waals surface area contributed by atoms with Crippen molar-refractivity contribution in [3.05, 3.63) is 12.2 Å². The molecular weight excluding hydrogens is 743 g/mol. The summed E-state index contributed by atoms with van der Waals surface area (Å²) in [6, 6.07) is -0.578. The summed E-state index contributed by atoms with van der Waals surface area (Å²) in [4.78, 5) is 24.5. The van der Waals surface area contributed by atoms with Crippen molar-refractivity contribution in [2.24, 2.45) is 0 Å². The molecule has 60 heavy (non-hydrogen) atoms. The van der Waals surface area contributed by atoms with Crippen LogP contribution < -0.4 is 5.32 Å². The number of esters is 1. The highest BCUT2D eigenvalue weighted by Crippen LogP contribution is 2.17. The van der Waals surface area contributed by atoms with Crippen LogP contribution in [-0.4, -0.2) is 47.4 Å². The quantitative estimate of drug-likeness (QED) is 0.0322. The SMILES string of the molecule is CCCCCCCCCCCCCCCCCCCC(=O)OCCCCCC/C=C\CCCC(=O)NC(CO)C(O)CCCCCCCCCCCCCCCCCCC. The van der Waals surface area contributed by atoms with Gasteiger partial charge in [0, 0.05) is 12.8 Å². The first-order valence-electron chi connectivity index (χ1n) is 26.9. The van der Waals surface area contributed by atoms with Crippen LogP contribution in [0, 0.1) is 0 Å². The van der Waals surface area contributed by atoms with Crippen LogP contribution in [0.4, 0.5) is 0 Å². The standard InChI is InChI=1S/C54H105NO5/c1-3-5-7-9-11-13-15-17-19-21-23-25-27-30-34-38-42-46-52(57)51(50-56)55-53(58)47-43-39-35-31-29-33-37-41-45-49-60-54(59)48-44-40-36-32-28-26-24-22-20-18-16-14-12-10-8-6-4-2/h31,35,51-52,56-57H,3-30,32-34,36-50H2,1-2H3,(H,55,58)/b35-31-. The van der Waals surface area contributed by atoms with Crippen LogP contribution in [0.1, 0.15) is 296 Å². The molecule has 0 aliphatic heterocycles. The molecular formula is C54H105NO5. The predicted molar refractivity (Wildman–Crippen MR) is 260 cm³/mol. The Morgan fingerprint density at radius 3 is 1.22 bits per heavy atom. The molecule has 0 aromatic rings. The summed E-state index contributed by atoms with van der Waals surface area (Å²) in [5.74, 6) is -0.124. The molecule has 0 aliphatic carbocycles.